The molecular formula is C2H6N4. The standard InChI is InChI=1S/C2H6N4/c1-2(3)5-6-4/h2H,3H2,1H3. The van der Waals surface area contributed by atoms with Gasteiger partial charge in [-0.05, 0) is 12.5 Å². The lowest BCUT2D eigenvalue weighted by atomic mass is 10.7. The molecule has 0 fully saturated rings. The summed E-state index contributed by atoms with van der Waals surface area (Å²) in [6.45, 7) is 1.61. The third kappa shape index (κ3) is 3.27. The van der Waals surface area contributed by atoms with E-state index in [1.807, 2.05) is 0 Å². The van der Waals surface area contributed by atoms with Crippen molar-refractivity contribution in [1.82, 2.24) is 0 Å². The molecule has 0 bridgehead atoms. The Morgan fingerprint density at radius 1 is 2.00 bits per heavy atom. The summed E-state index contributed by atoms with van der Waals surface area (Å²) in [4.78, 5) is 2.44. The van der Waals surface area contributed by atoms with E-state index in [1.54, 1.807) is 6.92 Å². The van der Waals surface area contributed by atoms with E-state index in [0.29, 0.717) is 0 Å². The molecular weight excluding hydrogens is 80.0 g/mol. The van der Waals surface area contributed by atoms with Crippen LogP contribution in [0, 0.1) is 0 Å². The van der Waals surface area contributed by atoms with Crippen LogP contribution in [0.1, 0.15) is 6.92 Å². The lowest BCUT2D eigenvalue weighted by Crippen LogP contribution is -2.08. The van der Waals surface area contributed by atoms with Crippen LogP contribution < -0.4 is 5.73 Å². The van der Waals surface area contributed by atoms with Crippen molar-refractivity contribution in [1.29, 1.82) is 0 Å². The maximum absolute atomic E-state index is 7.62. The van der Waals surface area contributed by atoms with Crippen LogP contribution in [0.5, 0.6) is 0 Å². The fraction of sp³-hybridized carbons (Fsp3) is 1.00. The Morgan fingerprint density at radius 2 is 2.50 bits per heavy atom. The van der Waals surface area contributed by atoms with Gasteiger partial charge in [0.1, 0.15) is 0 Å². The maximum atomic E-state index is 7.62. The number of rotatable bonds is 1. The van der Waals surface area contributed by atoms with Crippen LogP contribution >= 0.6 is 0 Å². The van der Waals surface area contributed by atoms with Gasteiger partial charge in [-0.3, -0.25) is 0 Å². The predicted octanol–water partition coefficient (Wildman–Crippen LogP) is 0.601. The van der Waals surface area contributed by atoms with E-state index in [4.69, 9.17) is 11.3 Å². The lowest BCUT2D eigenvalue weighted by Gasteiger charge is -1.83. The molecule has 0 aliphatic carbocycles. The molecule has 34 valence electrons. The predicted molar refractivity (Wildman–Crippen MR) is 22.8 cm³/mol. The zero-order valence-corrected chi connectivity index (χ0v) is 3.50. The Morgan fingerprint density at radius 3 is 2.50 bits per heavy atom. The molecule has 0 saturated carbocycles. The number of hydrogen-bond donors (Lipinski definition) is 1. The largest absolute Gasteiger partial charge is 0.323 e. The highest BCUT2D eigenvalue weighted by atomic mass is 15.2. The van der Waals surface area contributed by atoms with Crippen LogP contribution in [-0.4, -0.2) is 6.17 Å². The molecule has 1 atom stereocenters. The maximum Gasteiger partial charge on any atom is 0.0807 e. The number of nitrogens with two attached hydrogens (primary N) is 1. The van der Waals surface area contributed by atoms with Gasteiger partial charge in [-0.2, -0.15) is 0 Å². The van der Waals surface area contributed by atoms with Crippen LogP contribution in [0.3, 0.4) is 0 Å². The van der Waals surface area contributed by atoms with Crippen LogP contribution in [0.4, 0.5) is 0 Å². The topological polar surface area (TPSA) is 74.8 Å². The van der Waals surface area contributed by atoms with Crippen molar-refractivity contribution >= 4 is 0 Å². The molecule has 0 aliphatic rings. The van der Waals surface area contributed by atoms with Crippen molar-refractivity contribution in [3.63, 3.8) is 0 Å². The minimum atomic E-state index is -0.394. The molecule has 0 aliphatic heterocycles. The molecule has 0 aromatic rings. The van der Waals surface area contributed by atoms with E-state index in [-0.39, 0.29) is 0 Å². The Balaban J connectivity index is 3.29. The minimum absolute atomic E-state index is 0.394. The van der Waals surface area contributed by atoms with Gasteiger partial charge in [0.05, 0.1) is 6.17 Å². The molecule has 0 amide bonds. The van der Waals surface area contributed by atoms with Gasteiger partial charge in [-0.25, -0.2) is 0 Å². The monoisotopic (exact) mass is 86.1 g/mol. The molecule has 2 N–H and O–H groups in total. The summed E-state index contributed by atoms with van der Waals surface area (Å²) in [5.41, 5.74) is 12.6. The van der Waals surface area contributed by atoms with Crippen molar-refractivity contribution in [3.05, 3.63) is 10.4 Å². The van der Waals surface area contributed by atoms with E-state index in [9.17, 15) is 0 Å². The summed E-state index contributed by atoms with van der Waals surface area (Å²) in [5.74, 6) is 0. The first-order chi connectivity index (χ1) is 2.77. The van der Waals surface area contributed by atoms with Crippen molar-refractivity contribution in [2.24, 2.45) is 10.8 Å². The summed E-state index contributed by atoms with van der Waals surface area (Å²) in [6.07, 6.45) is -0.394. The smallest absolute Gasteiger partial charge is 0.0807 e. The second-order valence-corrected chi connectivity index (χ2v) is 0.946. The van der Waals surface area contributed by atoms with Crippen LogP contribution in [0.15, 0.2) is 5.11 Å². The summed E-state index contributed by atoms with van der Waals surface area (Å²) < 4.78 is 0. The van der Waals surface area contributed by atoms with Gasteiger partial charge in [0.25, 0.3) is 0 Å². The van der Waals surface area contributed by atoms with Crippen LogP contribution in [-0.2, 0) is 0 Å². The van der Waals surface area contributed by atoms with E-state index >= 15 is 0 Å². The molecule has 6 heavy (non-hydrogen) atoms. The van der Waals surface area contributed by atoms with Gasteiger partial charge >= 0.3 is 0 Å². The molecule has 0 aromatic carbocycles. The molecule has 0 rings (SSSR count). The zero-order valence-electron chi connectivity index (χ0n) is 3.50. The number of nitrogens with zero attached hydrogens (tertiary/aromatic N) is 3. The van der Waals surface area contributed by atoms with Crippen molar-refractivity contribution in [2.75, 3.05) is 0 Å². The van der Waals surface area contributed by atoms with Gasteiger partial charge in [-0.1, -0.05) is 5.11 Å². The van der Waals surface area contributed by atoms with Gasteiger partial charge in [0.2, 0.25) is 0 Å². The molecule has 4 nitrogen and oxygen atoms in total. The molecule has 1 unspecified atom stereocenters. The Bertz CT molecular complexity index is 69.6. The molecule has 0 saturated heterocycles. The van der Waals surface area contributed by atoms with E-state index in [1.165, 1.54) is 0 Å². The SMILES string of the molecule is CC(N)N=[N+]=[N-]. The van der Waals surface area contributed by atoms with Gasteiger partial charge in [-0.15, -0.1) is 0 Å². The summed E-state index contributed by atoms with van der Waals surface area (Å²) in [6, 6.07) is 0. The van der Waals surface area contributed by atoms with Gasteiger partial charge in [0.15, 0.2) is 0 Å². The number of azide groups is 1. The highest BCUT2D eigenvalue weighted by Gasteiger charge is 1.77. The molecule has 0 spiro atoms. The average Bonchev–Trinajstić information content (AvgIpc) is 1.35. The van der Waals surface area contributed by atoms with Gasteiger partial charge < -0.3 is 5.73 Å². The Kier molecular flexibility index (Phi) is 2.20. The van der Waals surface area contributed by atoms with Crippen LogP contribution in [0.25, 0.3) is 10.4 Å². The summed E-state index contributed by atoms with van der Waals surface area (Å²) >= 11 is 0. The first-order valence-electron chi connectivity index (χ1n) is 1.57. The molecule has 0 heterocycles. The molecule has 4 heteroatoms. The summed E-state index contributed by atoms with van der Waals surface area (Å²) in [5, 5.41) is 3.08. The summed E-state index contributed by atoms with van der Waals surface area (Å²) in [7, 11) is 0. The second-order valence-electron chi connectivity index (χ2n) is 0.946. The Labute approximate surface area is 35.6 Å². The lowest BCUT2D eigenvalue weighted by molar-refractivity contribution is 0.781. The average molecular weight is 86.1 g/mol. The van der Waals surface area contributed by atoms with Crippen molar-refractivity contribution in [2.45, 2.75) is 13.1 Å². The first-order valence-corrected chi connectivity index (χ1v) is 1.57. The first kappa shape index (κ1) is 5.27. The Hall–Kier alpha value is -0.730. The fourth-order valence-corrected chi connectivity index (χ4v) is 0.0815. The van der Waals surface area contributed by atoms with E-state index < -0.39 is 6.17 Å². The highest BCUT2D eigenvalue weighted by Crippen LogP contribution is 1.72. The third-order valence-electron chi connectivity index (χ3n) is 0.234. The van der Waals surface area contributed by atoms with Crippen molar-refractivity contribution in [3.8, 4) is 0 Å². The van der Waals surface area contributed by atoms with E-state index in [0.717, 1.165) is 0 Å². The zero-order chi connectivity index (χ0) is 4.99. The normalized spacial score (nSPS) is 12.3. The quantitative estimate of drug-likeness (QED) is 0.283. The highest BCUT2D eigenvalue weighted by molar-refractivity contribution is 4.47. The third-order valence-corrected chi connectivity index (χ3v) is 0.234. The molecule has 0 radical (unpaired) electrons. The minimum Gasteiger partial charge on any atom is -0.323 e. The second kappa shape index (κ2) is 2.50. The van der Waals surface area contributed by atoms with Crippen LogP contribution in [0.2, 0.25) is 0 Å². The van der Waals surface area contributed by atoms with E-state index in [2.05, 4.69) is 10.0 Å². The van der Waals surface area contributed by atoms with Gasteiger partial charge in [0, 0.05) is 4.91 Å². The van der Waals surface area contributed by atoms with Crippen molar-refractivity contribution < 1.29 is 0 Å². The molecule has 0 aromatic heterocycles. The fourth-order valence-electron chi connectivity index (χ4n) is 0.0815. The number of hydrogen-bond acceptors (Lipinski definition) is 2.